The van der Waals surface area contributed by atoms with E-state index in [0.717, 1.165) is 31.1 Å². The summed E-state index contributed by atoms with van der Waals surface area (Å²) in [5, 5.41) is 2.98. The molecule has 114 valence electrons. The van der Waals surface area contributed by atoms with Gasteiger partial charge in [0.25, 0.3) is 0 Å². The summed E-state index contributed by atoms with van der Waals surface area (Å²) < 4.78 is 51.2. The predicted molar refractivity (Wildman–Crippen MR) is 75.3 cm³/mol. The summed E-state index contributed by atoms with van der Waals surface area (Å²) in [5.41, 5.74) is -0.810. The zero-order chi connectivity index (χ0) is 15.0. The second-order valence-electron chi connectivity index (χ2n) is 4.53. The number of unbranched alkanes of at least 4 members (excludes halogenated alkanes) is 2. The van der Waals surface area contributed by atoms with Crippen molar-refractivity contribution in [3.05, 3.63) is 35.1 Å². The van der Waals surface area contributed by atoms with E-state index in [0.29, 0.717) is 12.6 Å². The van der Waals surface area contributed by atoms with Gasteiger partial charge >= 0.3 is 6.18 Å². The van der Waals surface area contributed by atoms with Gasteiger partial charge in [0.2, 0.25) is 0 Å². The SMILES string of the molecule is CSCCCCCNCc1ccc(F)cc1C(F)(F)F. The van der Waals surface area contributed by atoms with Crippen LogP contribution in [-0.2, 0) is 12.7 Å². The zero-order valence-corrected chi connectivity index (χ0v) is 12.2. The Morgan fingerprint density at radius 1 is 1.15 bits per heavy atom. The second kappa shape index (κ2) is 8.52. The Hall–Kier alpha value is -0.750. The first-order chi connectivity index (χ1) is 9.45. The lowest BCUT2D eigenvalue weighted by molar-refractivity contribution is -0.138. The lowest BCUT2D eigenvalue weighted by Gasteiger charge is -2.13. The van der Waals surface area contributed by atoms with Crippen molar-refractivity contribution in [3.8, 4) is 0 Å². The molecular formula is C14H19F4NS. The molecule has 20 heavy (non-hydrogen) atoms. The van der Waals surface area contributed by atoms with Gasteiger partial charge in [0, 0.05) is 6.54 Å². The summed E-state index contributed by atoms with van der Waals surface area (Å²) in [7, 11) is 0. The van der Waals surface area contributed by atoms with Gasteiger partial charge in [-0.25, -0.2) is 4.39 Å². The van der Waals surface area contributed by atoms with Crippen LogP contribution in [0.2, 0.25) is 0 Å². The molecule has 0 aliphatic carbocycles. The van der Waals surface area contributed by atoms with Crippen LogP contribution in [0.15, 0.2) is 18.2 Å². The van der Waals surface area contributed by atoms with E-state index in [1.54, 1.807) is 11.8 Å². The number of hydrogen-bond donors (Lipinski definition) is 1. The number of thioether (sulfide) groups is 1. The van der Waals surface area contributed by atoms with Crippen LogP contribution in [0.25, 0.3) is 0 Å². The summed E-state index contributed by atoms with van der Waals surface area (Å²) >= 11 is 1.79. The van der Waals surface area contributed by atoms with Gasteiger partial charge in [0.05, 0.1) is 5.56 Å². The molecule has 0 radical (unpaired) electrons. The van der Waals surface area contributed by atoms with Crippen LogP contribution in [0.4, 0.5) is 17.6 Å². The van der Waals surface area contributed by atoms with E-state index in [1.165, 1.54) is 6.07 Å². The summed E-state index contributed by atoms with van der Waals surface area (Å²) in [6, 6.07) is 2.80. The van der Waals surface area contributed by atoms with Crippen LogP contribution < -0.4 is 5.32 Å². The Morgan fingerprint density at radius 3 is 2.55 bits per heavy atom. The second-order valence-corrected chi connectivity index (χ2v) is 5.52. The number of nitrogens with one attached hydrogen (secondary N) is 1. The van der Waals surface area contributed by atoms with Crippen LogP contribution in [0.3, 0.4) is 0 Å². The lowest BCUT2D eigenvalue weighted by atomic mass is 10.1. The number of alkyl halides is 3. The van der Waals surface area contributed by atoms with E-state index in [2.05, 4.69) is 5.32 Å². The van der Waals surface area contributed by atoms with Crippen molar-refractivity contribution >= 4 is 11.8 Å². The summed E-state index contributed by atoms with van der Waals surface area (Å²) in [5.74, 6) is 0.244. The van der Waals surface area contributed by atoms with Crippen LogP contribution in [0.5, 0.6) is 0 Å². The van der Waals surface area contributed by atoms with Crippen LogP contribution >= 0.6 is 11.8 Å². The van der Waals surface area contributed by atoms with Crippen molar-refractivity contribution in [2.45, 2.75) is 32.0 Å². The Kier molecular flexibility index (Phi) is 7.37. The maximum atomic E-state index is 12.9. The Bertz CT molecular complexity index is 407. The standard InChI is InChI=1S/C14H19F4NS/c1-20-8-4-2-3-7-19-10-11-5-6-12(15)9-13(11)14(16,17)18/h5-6,9,19H,2-4,7-8,10H2,1H3. The Morgan fingerprint density at radius 2 is 1.90 bits per heavy atom. The first-order valence-electron chi connectivity index (χ1n) is 6.50. The number of hydrogen-bond acceptors (Lipinski definition) is 2. The van der Waals surface area contributed by atoms with E-state index in [1.807, 2.05) is 6.26 Å². The molecule has 0 saturated heterocycles. The highest BCUT2D eigenvalue weighted by atomic mass is 32.2. The third kappa shape index (κ3) is 6.13. The highest BCUT2D eigenvalue weighted by molar-refractivity contribution is 7.98. The lowest BCUT2D eigenvalue weighted by Crippen LogP contribution is -2.18. The topological polar surface area (TPSA) is 12.0 Å². The minimum absolute atomic E-state index is 0.0861. The zero-order valence-electron chi connectivity index (χ0n) is 11.4. The number of benzene rings is 1. The molecule has 0 heterocycles. The number of rotatable bonds is 8. The molecule has 0 aliphatic rings. The van der Waals surface area contributed by atoms with Gasteiger partial charge in [-0.05, 0) is 49.1 Å². The van der Waals surface area contributed by atoms with Crippen LogP contribution in [0, 0.1) is 5.82 Å². The van der Waals surface area contributed by atoms with Crippen LogP contribution in [-0.4, -0.2) is 18.6 Å². The molecule has 1 aromatic rings. The smallest absolute Gasteiger partial charge is 0.313 e. The molecule has 1 rings (SSSR count). The normalized spacial score (nSPS) is 11.8. The van der Waals surface area contributed by atoms with Crippen molar-refractivity contribution in [1.82, 2.24) is 5.32 Å². The maximum absolute atomic E-state index is 12.9. The van der Waals surface area contributed by atoms with Crippen molar-refractivity contribution in [3.63, 3.8) is 0 Å². The minimum atomic E-state index is -4.52. The summed E-state index contributed by atoms with van der Waals surface area (Å²) in [6.45, 7) is 0.778. The van der Waals surface area contributed by atoms with Gasteiger partial charge in [-0.2, -0.15) is 24.9 Å². The van der Waals surface area contributed by atoms with Gasteiger partial charge in [0.15, 0.2) is 0 Å². The molecule has 6 heteroatoms. The quantitative estimate of drug-likeness (QED) is 0.562. The third-order valence-electron chi connectivity index (χ3n) is 2.89. The highest BCUT2D eigenvalue weighted by Gasteiger charge is 2.33. The van der Waals surface area contributed by atoms with E-state index < -0.39 is 17.6 Å². The Labute approximate surface area is 121 Å². The fraction of sp³-hybridized carbons (Fsp3) is 0.571. The monoisotopic (exact) mass is 309 g/mol. The first-order valence-corrected chi connectivity index (χ1v) is 7.90. The molecule has 0 aromatic heterocycles. The molecule has 0 bridgehead atoms. The molecule has 0 atom stereocenters. The molecule has 1 nitrogen and oxygen atoms in total. The Balaban J connectivity index is 2.44. The molecule has 0 unspecified atom stereocenters. The third-order valence-corrected chi connectivity index (χ3v) is 3.59. The summed E-state index contributed by atoms with van der Waals surface area (Å²) in [4.78, 5) is 0. The van der Waals surface area contributed by atoms with Gasteiger partial charge in [-0.3, -0.25) is 0 Å². The van der Waals surface area contributed by atoms with Crippen molar-refractivity contribution in [2.75, 3.05) is 18.6 Å². The van der Waals surface area contributed by atoms with Gasteiger partial charge < -0.3 is 5.32 Å². The van der Waals surface area contributed by atoms with E-state index >= 15 is 0 Å². The molecule has 0 amide bonds. The van der Waals surface area contributed by atoms with Gasteiger partial charge in [-0.1, -0.05) is 12.5 Å². The van der Waals surface area contributed by atoms with Crippen molar-refractivity contribution in [2.24, 2.45) is 0 Å². The first kappa shape index (κ1) is 17.3. The van der Waals surface area contributed by atoms with E-state index in [9.17, 15) is 17.6 Å². The molecule has 0 aliphatic heterocycles. The van der Waals surface area contributed by atoms with E-state index in [4.69, 9.17) is 0 Å². The average Bonchev–Trinajstić information content (AvgIpc) is 2.38. The van der Waals surface area contributed by atoms with Gasteiger partial charge in [0.1, 0.15) is 5.82 Å². The van der Waals surface area contributed by atoms with Gasteiger partial charge in [-0.15, -0.1) is 0 Å². The molecule has 0 spiro atoms. The fourth-order valence-electron chi connectivity index (χ4n) is 1.86. The molecular weight excluding hydrogens is 290 g/mol. The molecule has 0 fully saturated rings. The highest BCUT2D eigenvalue weighted by Crippen LogP contribution is 2.32. The van der Waals surface area contributed by atoms with Crippen molar-refractivity contribution < 1.29 is 17.6 Å². The average molecular weight is 309 g/mol. The summed E-state index contributed by atoms with van der Waals surface area (Å²) in [6.07, 6.45) is 0.641. The maximum Gasteiger partial charge on any atom is 0.416 e. The molecule has 1 aromatic carbocycles. The minimum Gasteiger partial charge on any atom is -0.313 e. The van der Waals surface area contributed by atoms with Crippen LogP contribution in [0.1, 0.15) is 30.4 Å². The number of halogens is 4. The predicted octanol–water partition coefficient (Wildman–Crippen LogP) is 4.47. The largest absolute Gasteiger partial charge is 0.416 e. The van der Waals surface area contributed by atoms with E-state index in [-0.39, 0.29) is 12.1 Å². The molecule has 0 saturated carbocycles. The fourth-order valence-corrected chi connectivity index (χ4v) is 2.36. The molecule has 1 N–H and O–H groups in total. The van der Waals surface area contributed by atoms with Crippen molar-refractivity contribution in [1.29, 1.82) is 0 Å².